The number of nitrogens with zero attached hydrogens (tertiary/aromatic N) is 4. The van der Waals surface area contributed by atoms with Gasteiger partial charge in [-0.05, 0) is 44.5 Å². The largest absolute Gasteiger partial charge is 0.412 e. The number of H-pyrrole nitrogens is 1. The Hall–Kier alpha value is -4.29. The zero-order valence-corrected chi connectivity index (χ0v) is 21.0. The molecule has 0 fully saturated rings. The van der Waals surface area contributed by atoms with Crippen molar-refractivity contribution in [3.05, 3.63) is 89.9 Å². The Morgan fingerprint density at radius 2 is 1.78 bits per heavy atom. The minimum absolute atomic E-state index is 0.0117. The Morgan fingerprint density at radius 3 is 2.41 bits per heavy atom. The van der Waals surface area contributed by atoms with Crippen molar-refractivity contribution >= 4 is 35.3 Å². The van der Waals surface area contributed by atoms with Gasteiger partial charge in [-0.3, -0.25) is 9.78 Å². The number of amides is 1. The lowest BCUT2D eigenvalue weighted by atomic mass is 9.83. The van der Waals surface area contributed by atoms with E-state index in [0.717, 1.165) is 11.1 Å². The summed E-state index contributed by atoms with van der Waals surface area (Å²) in [6, 6.07) is 10.2. The lowest BCUT2D eigenvalue weighted by Gasteiger charge is -2.24. The van der Waals surface area contributed by atoms with Crippen LogP contribution in [0.3, 0.4) is 0 Å². The quantitative estimate of drug-likeness (QED) is 0.282. The number of aryl methyl sites for hydroxylation is 1. The van der Waals surface area contributed by atoms with E-state index in [1.54, 1.807) is 13.8 Å². The highest BCUT2D eigenvalue weighted by Crippen LogP contribution is 2.41. The number of nitrogens with two attached hydrogens (primary N) is 1. The summed E-state index contributed by atoms with van der Waals surface area (Å²) in [6.45, 7) is 5.49. The fraction of sp³-hybridized carbons (Fsp3) is 0.174. The maximum Gasteiger partial charge on any atom is 0.412 e. The van der Waals surface area contributed by atoms with Crippen LogP contribution in [0.5, 0.6) is 0 Å². The van der Waals surface area contributed by atoms with Crippen LogP contribution in [0.2, 0.25) is 10.0 Å². The number of carbonyl (C=O) groups is 2. The van der Waals surface area contributed by atoms with Gasteiger partial charge >= 0.3 is 17.8 Å². The third kappa shape index (κ3) is 4.88. The van der Waals surface area contributed by atoms with Gasteiger partial charge in [0.05, 0.1) is 11.1 Å². The Balaban J connectivity index is 1.77. The van der Waals surface area contributed by atoms with Gasteiger partial charge in [-0.2, -0.15) is 14.8 Å². The Bertz CT molecular complexity index is 1650. The maximum atomic E-state index is 12.4. The number of aromatic nitrogens is 5. The van der Waals surface area contributed by atoms with Crippen molar-refractivity contribution in [3.8, 4) is 17.1 Å². The average Bonchev–Trinajstić information content (AvgIpc) is 3.29. The predicted octanol–water partition coefficient (Wildman–Crippen LogP) is 3.15. The Morgan fingerprint density at radius 1 is 1.14 bits per heavy atom. The van der Waals surface area contributed by atoms with E-state index in [4.69, 9.17) is 33.5 Å². The monoisotopic (exact) mass is 544 g/mol. The van der Waals surface area contributed by atoms with Crippen LogP contribution in [0.15, 0.2) is 50.5 Å². The van der Waals surface area contributed by atoms with E-state index < -0.39 is 34.4 Å². The molecule has 0 bridgehead atoms. The third-order valence-electron chi connectivity index (χ3n) is 5.47. The molecule has 2 aromatic carbocycles. The number of primary amides is 1. The van der Waals surface area contributed by atoms with Crippen LogP contribution >= 0.6 is 23.2 Å². The van der Waals surface area contributed by atoms with Gasteiger partial charge in [-0.1, -0.05) is 46.6 Å². The molecule has 1 amide bonds. The van der Waals surface area contributed by atoms with E-state index in [1.807, 2.05) is 36.2 Å². The molecule has 0 saturated carbocycles. The fourth-order valence-corrected chi connectivity index (χ4v) is 4.59. The van der Waals surface area contributed by atoms with Crippen molar-refractivity contribution in [2.24, 2.45) is 5.73 Å². The van der Waals surface area contributed by atoms with Gasteiger partial charge in [-0.25, -0.2) is 14.4 Å². The Kier molecular flexibility index (Phi) is 6.72. The molecule has 4 aromatic rings. The summed E-state index contributed by atoms with van der Waals surface area (Å²) >= 11 is 13.2. The number of halogens is 2. The van der Waals surface area contributed by atoms with Gasteiger partial charge < -0.3 is 15.0 Å². The summed E-state index contributed by atoms with van der Waals surface area (Å²) in [4.78, 5) is 53.7. The van der Waals surface area contributed by atoms with Gasteiger partial charge in [0.1, 0.15) is 0 Å². The molecule has 0 aliphatic rings. The van der Waals surface area contributed by atoms with Crippen LogP contribution in [0, 0.1) is 6.92 Å². The molecule has 4 rings (SSSR count). The van der Waals surface area contributed by atoms with Gasteiger partial charge in [0.15, 0.2) is 5.82 Å². The highest BCUT2D eigenvalue weighted by Gasteiger charge is 2.34. The first-order valence-electron chi connectivity index (χ1n) is 10.6. The molecule has 0 atom stereocenters. The number of rotatable bonds is 5. The first-order chi connectivity index (χ1) is 17.4. The SMILES string of the molecule is Cc1ccccc1-c1nc(C(C)(C)c2c(Cl)cc(-n3nc(C(=O)OC(N)=O)c(=O)[nH]c3=O)cc2Cl)no1. The van der Waals surface area contributed by atoms with Crippen LogP contribution in [0.1, 0.15) is 41.3 Å². The molecule has 14 heteroatoms. The van der Waals surface area contributed by atoms with E-state index in [-0.39, 0.29) is 15.7 Å². The molecule has 0 aliphatic carbocycles. The summed E-state index contributed by atoms with van der Waals surface area (Å²) in [7, 11) is 0. The number of carbonyl (C=O) groups excluding carboxylic acids is 2. The molecule has 190 valence electrons. The van der Waals surface area contributed by atoms with Crippen molar-refractivity contribution < 1.29 is 18.8 Å². The minimum atomic E-state index is -1.45. The van der Waals surface area contributed by atoms with Gasteiger partial charge in [0, 0.05) is 21.2 Å². The van der Waals surface area contributed by atoms with Crippen LogP contribution in [0.4, 0.5) is 4.79 Å². The van der Waals surface area contributed by atoms with Crippen LogP contribution in [-0.2, 0) is 10.2 Å². The molecule has 37 heavy (non-hydrogen) atoms. The second-order valence-electron chi connectivity index (χ2n) is 8.38. The smallest absolute Gasteiger partial charge is 0.371 e. The van der Waals surface area contributed by atoms with Crippen molar-refractivity contribution in [2.45, 2.75) is 26.2 Å². The van der Waals surface area contributed by atoms with Crippen molar-refractivity contribution in [2.75, 3.05) is 0 Å². The molecule has 3 N–H and O–H groups in total. The molecule has 0 spiro atoms. The summed E-state index contributed by atoms with van der Waals surface area (Å²) in [5.74, 6) is -0.818. The highest BCUT2D eigenvalue weighted by atomic mass is 35.5. The second kappa shape index (κ2) is 9.64. The molecule has 0 saturated heterocycles. The van der Waals surface area contributed by atoms with Crippen molar-refractivity contribution in [3.63, 3.8) is 0 Å². The van der Waals surface area contributed by atoms with Crippen molar-refractivity contribution in [1.82, 2.24) is 24.9 Å². The van der Waals surface area contributed by atoms with E-state index in [0.29, 0.717) is 22.0 Å². The normalized spacial score (nSPS) is 11.4. The van der Waals surface area contributed by atoms with E-state index >= 15 is 0 Å². The van der Waals surface area contributed by atoms with Gasteiger partial charge in [0.25, 0.3) is 11.4 Å². The summed E-state index contributed by atoms with van der Waals surface area (Å²) in [5.41, 5.74) is 2.96. The zero-order chi connectivity index (χ0) is 27.1. The summed E-state index contributed by atoms with van der Waals surface area (Å²) in [5, 5.41) is 8.03. The summed E-state index contributed by atoms with van der Waals surface area (Å²) < 4.78 is 10.3. The summed E-state index contributed by atoms with van der Waals surface area (Å²) in [6.07, 6.45) is -1.45. The van der Waals surface area contributed by atoms with Crippen LogP contribution in [0.25, 0.3) is 17.1 Å². The number of hydrogen-bond donors (Lipinski definition) is 2. The van der Waals surface area contributed by atoms with E-state index in [9.17, 15) is 19.2 Å². The minimum Gasteiger partial charge on any atom is -0.371 e. The number of aromatic amines is 1. The number of esters is 1. The fourth-order valence-electron chi connectivity index (χ4n) is 3.64. The average molecular weight is 545 g/mol. The molecular formula is C23H18Cl2N6O6. The number of hydrogen-bond acceptors (Lipinski definition) is 9. The first-order valence-corrected chi connectivity index (χ1v) is 11.3. The van der Waals surface area contributed by atoms with Gasteiger partial charge in [-0.15, -0.1) is 0 Å². The Labute approximate surface area is 218 Å². The predicted molar refractivity (Wildman–Crippen MR) is 132 cm³/mol. The topological polar surface area (TPSA) is 176 Å². The van der Waals surface area contributed by atoms with E-state index in [2.05, 4.69) is 20.0 Å². The molecular weight excluding hydrogens is 527 g/mol. The lowest BCUT2D eigenvalue weighted by Crippen LogP contribution is -2.37. The third-order valence-corrected chi connectivity index (χ3v) is 6.07. The van der Waals surface area contributed by atoms with Crippen LogP contribution < -0.4 is 17.0 Å². The number of ether oxygens (including phenoxy) is 1. The number of benzene rings is 2. The standard InChI is InChI=1S/C23H18Cl2N6O6/c1-10-6-4-5-7-12(10)18-28-20(30-37-18)23(2,3)15-13(24)8-11(9-14(15)25)31-22(35)27-17(32)16(29-31)19(33)36-21(26)34/h4-9H,1-3H3,(H2,26,34)(H,27,32,35). The highest BCUT2D eigenvalue weighted by molar-refractivity contribution is 6.36. The molecule has 0 aliphatic heterocycles. The molecule has 0 unspecified atom stereocenters. The first kappa shape index (κ1) is 25.8. The van der Waals surface area contributed by atoms with Gasteiger partial charge in [0.2, 0.25) is 5.69 Å². The molecule has 2 heterocycles. The second-order valence-corrected chi connectivity index (χ2v) is 9.19. The molecule has 2 aromatic heterocycles. The lowest BCUT2D eigenvalue weighted by molar-refractivity contribution is 0.0627. The molecule has 12 nitrogen and oxygen atoms in total. The number of nitrogens with one attached hydrogen (secondary N) is 1. The van der Waals surface area contributed by atoms with Crippen molar-refractivity contribution in [1.29, 1.82) is 0 Å². The zero-order valence-electron chi connectivity index (χ0n) is 19.5. The molecule has 0 radical (unpaired) electrons. The van der Waals surface area contributed by atoms with Crippen LogP contribution in [-0.4, -0.2) is 37.0 Å². The maximum absolute atomic E-state index is 12.4. The van der Waals surface area contributed by atoms with E-state index in [1.165, 1.54) is 12.1 Å².